The summed E-state index contributed by atoms with van der Waals surface area (Å²) < 4.78 is 15.2. The van der Waals surface area contributed by atoms with Gasteiger partial charge in [-0.1, -0.05) is 62.7 Å². The number of hydrogen-bond acceptors (Lipinski definition) is 4. The lowest BCUT2D eigenvalue weighted by Gasteiger charge is -2.30. The van der Waals surface area contributed by atoms with Gasteiger partial charge >= 0.3 is 6.03 Å². The van der Waals surface area contributed by atoms with E-state index in [1.807, 2.05) is 61.5 Å². The second kappa shape index (κ2) is 12.9. The highest BCUT2D eigenvalue weighted by atomic mass is 19.1. The highest BCUT2D eigenvalue weighted by Gasteiger charge is 2.31. The van der Waals surface area contributed by atoms with Crippen LogP contribution in [0, 0.1) is 18.7 Å². The molecule has 1 unspecified atom stereocenters. The van der Waals surface area contributed by atoms with E-state index in [-0.39, 0.29) is 41.3 Å². The number of Topliss-reactive ketones (excluding diaryl/α,β-unsaturated/α-hetero) is 1. The van der Waals surface area contributed by atoms with Gasteiger partial charge in [0.1, 0.15) is 17.4 Å². The molecule has 1 fully saturated rings. The lowest BCUT2D eigenvalue weighted by Crippen LogP contribution is -2.34. The first-order chi connectivity index (χ1) is 20.6. The molecule has 7 nitrogen and oxygen atoms in total. The molecule has 2 heterocycles. The fourth-order valence-corrected chi connectivity index (χ4v) is 5.58. The first-order valence-corrected chi connectivity index (χ1v) is 14.9. The molecular formula is C35H40FN5O2. The van der Waals surface area contributed by atoms with Gasteiger partial charge in [-0.05, 0) is 86.3 Å². The summed E-state index contributed by atoms with van der Waals surface area (Å²) in [6.07, 6.45) is 2.07. The van der Waals surface area contributed by atoms with E-state index in [1.165, 1.54) is 12.1 Å². The van der Waals surface area contributed by atoms with Crippen molar-refractivity contribution in [2.24, 2.45) is 5.92 Å². The maximum Gasteiger partial charge on any atom is 0.324 e. The molecule has 1 aliphatic heterocycles. The second-order valence-corrected chi connectivity index (χ2v) is 12.4. The predicted octanol–water partition coefficient (Wildman–Crippen LogP) is 7.16. The number of nitrogens with zero attached hydrogens (tertiary/aromatic N) is 2. The summed E-state index contributed by atoms with van der Waals surface area (Å²) in [7, 11) is 0. The zero-order valence-corrected chi connectivity index (χ0v) is 25.3. The van der Waals surface area contributed by atoms with Crippen molar-refractivity contribution in [3.63, 3.8) is 0 Å². The molecule has 1 atom stereocenters. The van der Waals surface area contributed by atoms with E-state index in [1.54, 1.807) is 16.8 Å². The molecule has 1 aliphatic rings. The summed E-state index contributed by atoms with van der Waals surface area (Å²) in [6, 6.07) is 23.2. The minimum absolute atomic E-state index is 0.121. The summed E-state index contributed by atoms with van der Waals surface area (Å²) in [4.78, 5) is 26.7. The van der Waals surface area contributed by atoms with Gasteiger partial charge in [-0.25, -0.2) is 13.9 Å². The Labute approximate surface area is 252 Å². The molecule has 3 aromatic carbocycles. The fraction of sp³-hybridized carbons (Fsp3) is 0.343. The predicted molar refractivity (Wildman–Crippen MR) is 170 cm³/mol. The Morgan fingerprint density at radius 3 is 2.23 bits per heavy atom. The van der Waals surface area contributed by atoms with Gasteiger partial charge in [-0.3, -0.25) is 10.1 Å². The van der Waals surface area contributed by atoms with Crippen molar-refractivity contribution in [1.82, 2.24) is 15.1 Å². The number of carbonyl (C=O) groups is 2. The minimum Gasteiger partial charge on any atom is -0.317 e. The molecule has 8 heteroatoms. The van der Waals surface area contributed by atoms with Gasteiger partial charge in [0.25, 0.3) is 0 Å². The maximum absolute atomic E-state index is 13.6. The molecule has 224 valence electrons. The van der Waals surface area contributed by atoms with Crippen molar-refractivity contribution in [1.29, 1.82) is 0 Å². The van der Waals surface area contributed by atoms with Crippen LogP contribution >= 0.6 is 0 Å². The number of aryl methyl sites for hydroxylation is 1. The number of aromatic nitrogens is 2. The van der Waals surface area contributed by atoms with Gasteiger partial charge in [-0.15, -0.1) is 0 Å². The summed E-state index contributed by atoms with van der Waals surface area (Å²) in [5, 5.41) is 14.1. The number of ketones is 1. The first kappa shape index (κ1) is 30.2. The Bertz CT molecular complexity index is 1550. The average Bonchev–Trinajstić information content (AvgIpc) is 3.40. The average molecular weight is 582 g/mol. The smallest absolute Gasteiger partial charge is 0.317 e. The number of urea groups is 1. The topological polar surface area (TPSA) is 88.1 Å². The van der Waals surface area contributed by atoms with Gasteiger partial charge in [0.15, 0.2) is 0 Å². The van der Waals surface area contributed by atoms with Crippen molar-refractivity contribution in [2.75, 3.05) is 23.7 Å². The van der Waals surface area contributed by atoms with Gasteiger partial charge in [0.05, 0.1) is 11.4 Å². The second-order valence-electron chi connectivity index (χ2n) is 12.4. The fourth-order valence-electron chi connectivity index (χ4n) is 5.58. The lowest BCUT2D eigenvalue weighted by molar-refractivity contribution is -0.121. The van der Waals surface area contributed by atoms with Crippen LogP contribution in [-0.4, -0.2) is 34.7 Å². The van der Waals surface area contributed by atoms with Crippen molar-refractivity contribution in [3.05, 3.63) is 107 Å². The van der Waals surface area contributed by atoms with Gasteiger partial charge in [0.2, 0.25) is 0 Å². The van der Waals surface area contributed by atoms with Crippen molar-refractivity contribution in [3.8, 4) is 5.69 Å². The van der Waals surface area contributed by atoms with Crippen LogP contribution < -0.4 is 16.0 Å². The number of carbonyl (C=O) groups excluding carboxylic acids is 2. The highest BCUT2D eigenvalue weighted by molar-refractivity contribution is 5.99. The summed E-state index contributed by atoms with van der Waals surface area (Å²) in [5.74, 6) is 0.328. The third-order valence-corrected chi connectivity index (χ3v) is 8.02. The van der Waals surface area contributed by atoms with E-state index >= 15 is 0 Å². The third-order valence-electron chi connectivity index (χ3n) is 8.02. The SMILES string of the molecule is Cc1ccc(-n2nc(C(C)(C)C)cc2NC(=O)Nc2ccc(C(C(=O)Cc3ccc(F)cc3)C3CCNCC3)cc2)cc1. The van der Waals surface area contributed by atoms with Crippen LogP contribution in [0.3, 0.4) is 0 Å². The Kier molecular flexibility index (Phi) is 9.06. The lowest BCUT2D eigenvalue weighted by atomic mass is 9.76. The van der Waals surface area contributed by atoms with Crippen molar-refractivity contribution >= 4 is 23.3 Å². The van der Waals surface area contributed by atoms with E-state index in [9.17, 15) is 14.0 Å². The normalized spacial score (nSPS) is 14.7. The maximum atomic E-state index is 13.6. The minimum atomic E-state index is -0.385. The Hall–Kier alpha value is -4.30. The Morgan fingerprint density at radius 2 is 1.60 bits per heavy atom. The number of benzene rings is 3. The molecule has 0 aliphatic carbocycles. The van der Waals surface area contributed by atoms with Crippen LogP contribution in [0.1, 0.15) is 61.9 Å². The van der Waals surface area contributed by atoms with Crippen molar-refractivity contribution in [2.45, 2.75) is 58.3 Å². The molecule has 0 spiro atoms. The Morgan fingerprint density at radius 1 is 0.953 bits per heavy atom. The van der Waals surface area contributed by atoms with E-state index < -0.39 is 0 Å². The highest BCUT2D eigenvalue weighted by Crippen LogP contribution is 2.34. The van der Waals surface area contributed by atoms with E-state index in [2.05, 4.69) is 36.7 Å². The molecule has 0 radical (unpaired) electrons. The molecule has 1 aromatic heterocycles. The third kappa shape index (κ3) is 7.56. The number of halogens is 1. The number of hydrogen-bond donors (Lipinski definition) is 3. The summed E-state index contributed by atoms with van der Waals surface area (Å²) >= 11 is 0. The molecule has 4 aromatic rings. The van der Waals surface area contributed by atoms with E-state index in [4.69, 9.17) is 5.10 Å². The summed E-state index contributed by atoms with van der Waals surface area (Å²) in [5.41, 5.74) is 5.02. The zero-order chi connectivity index (χ0) is 30.6. The Balaban J connectivity index is 1.32. The number of amides is 2. The molecule has 2 amide bonds. The zero-order valence-electron chi connectivity index (χ0n) is 25.3. The van der Waals surface area contributed by atoms with Crippen LogP contribution in [0.5, 0.6) is 0 Å². The van der Waals surface area contributed by atoms with E-state index in [0.29, 0.717) is 11.5 Å². The van der Waals surface area contributed by atoms with Crippen LogP contribution in [0.25, 0.3) is 5.69 Å². The van der Waals surface area contributed by atoms with Crippen LogP contribution in [0.15, 0.2) is 78.9 Å². The molecule has 1 saturated heterocycles. The van der Waals surface area contributed by atoms with Crippen LogP contribution in [-0.2, 0) is 16.6 Å². The van der Waals surface area contributed by atoms with Crippen LogP contribution in [0.4, 0.5) is 20.7 Å². The number of piperidine rings is 1. The molecular weight excluding hydrogens is 541 g/mol. The van der Waals surface area contributed by atoms with E-state index in [0.717, 1.165) is 54.0 Å². The number of nitrogens with one attached hydrogen (secondary N) is 3. The van der Waals surface area contributed by atoms with Crippen LogP contribution in [0.2, 0.25) is 0 Å². The molecule has 3 N–H and O–H groups in total. The van der Waals surface area contributed by atoms with Gasteiger partial charge < -0.3 is 10.6 Å². The van der Waals surface area contributed by atoms with Gasteiger partial charge in [0, 0.05) is 29.5 Å². The first-order valence-electron chi connectivity index (χ1n) is 14.9. The molecule has 43 heavy (non-hydrogen) atoms. The monoisotopic (exact) mass is 581 g/mol. The molecule has 0 bridgehead atoms. The number of anilines is 2. The molecule has 5 rings (SSSR count). The molecule has 0 saturated carbocycles. The van der Waals surface area contributed by atoms with Gasteiger partial charge in [-0.2, -0.15) is 5.10 Å². The summed E-state index contributed by atoms with van der Waals surface area (Å²) in [6.45, 7) is 10.0. The largest absolute Gasteiger partial charge is 0.324 e. The number of rotatable bonds is 8. The van der Waals surface area contributed by atoms with Crippen molar-refractivity contribution < 1.29 is 14.0 Å². The standard InChI is InChI=1S/C35H40FN5O2/c1-23-5-15-29(16-6-23)41-32(22-31(40-41)35(2,3)4)39-34(43)38-28-13-9-25(10-14-28)33(26-17-19-37-20-18-26)30(42)21-24-7-11-27(36)12-8-24/h5-16,22,26,33,37H,17-21H2,1-4H3,(H2,38,39,43). The quantitative estimate of drug-likeness (QED) is 0.206.